The zero-order chi connectivity index (χ0) is 14.5. The highest BCUT2D eigenvalue weighted by molar-refractivity contribution is 6.31. The number of aliphatic hydroxyl groups excluding tert-OH is 1. The van der Waals surface area contributed by atoms with Crippen LogP contribution < -0.4 is 9.64 Å². The number of halogens is 1. The van der Waals surface area contributed by atoms with Gasteiger partial charge in [0.15, 0.2) is 0 Å². The van der Waals surface area contributed by atoms with E-state index in [2.05, 4.69) is 4.90 Å². The number of nitrogens with zero attached hydrogens (tertiary/aromatic N) is 1. The summed E-state index contributed by atoms with van der Waals surface area (Å²) in [6.45, 7) is 0.600. The molecule has 1 N–H and O–H groups in total. The molecule has 0 saturated heterocycles. The maximum Gasteiger partial charge on any atom is 0.123 e. The number of ether oxygens (including phenoxy) is 1. The van der Waals surface area contributed by atoms with E-state index in [9.17, 15) is 5.11 Å². The molecule has 2 rings (SSSR count). The van der Waals surface area contributed by atoms with E-state index in [0.29, 0.717) is 11.6 Å². The van der Waals surface area contributed by atoms with Crippen molar-refractivity contribution in [2.75, 3.05) is 19.1 Å². The van der Waals surface area contributed by atoms with Gasteiger partial charge >= 0.3 is 0 Å². The molecule has 0 atom stereocenters. The first-order valence-electron chi connectivity index (χ1n) is 6.38. The summed E-state index contributed by atoms with van der Waals surface area (Å²) in [5.41, 5.74) is 2.75. The molecule has 0 bridgehead atoms. The summed E-state index contributed by atoms with van der Waals surface area (Å²) in [5, 5.41) is 10.1. The van der Waals surface area contributed by atoms with Crippen molar-refractivity contribution in [2.24, 2.45) is 0 Å². The molecule has 0 amide bonds. The maximum atomic E-state index is 9.48. The Balaban J connectivity index is 2.28. The molecule has 4 heteroatoms. The first-order chi connectivity index (χ1) is 9.67. The number of benzene rings is 2. The molecule has 0 heterocycles. The fraction of sp³-hybridized carbons (Fsp3) is 0.250. The van der Waals surface area contributed by atoms with Crippen molar-refractivity contribution >= 4 is 17.3 Å². The summed E-state index contributed by atoms with van der Waals surface area (Å²) in [6, 6.07) is 13.5. The topological polar surface area (TPSA) is 32.7 Å². The van der Waals surface area contributed by atoms with E-state index in [4.69, 9.17) is 16.3 Å². The van der Waals surface area contributed by atoms with Crippen LogP contribution >= 0.6 is 11.6 Å². The molecular formula is C16H18ClNO2. The van der Waals surface area contributed by atoms with Gasteiger partial charge in [-0.05, 0) is 18.2 Å². The van der Waals surface area contributed by atoms with Gasteiger partial charge < -0.3 is 14.7 Å². The van der Waals surface area contributed by atoms with E-state index < -0.39 is 0 Å². The third kappa shape index (κ3) is 3.06. The maximum absolute atomic E-state index is 9.48. The van der Waals surface area contributed by atoms with Crippen LogP contribution in [0.5, 0.6) is 5.75 Å². The monoisotopic (exact) mass is 291 g/mol. The predicted octanol–water partition coefficient (Wildman–Crippen LogP) is 3.48. The van der Waals surface area contributed by atoms with Crippen LogP contribution in [-0.4, -0.2) is 19.3 Å². The molecule has 2 aromatic carbocycles. The molecular weight excluding hydrogens is 274 g/mol. The average Bonchev–Trinajstić information content (AvgIpc) is 2.47. The average molecular weight is 292 g/mol. The number of methoxy groups -OCH3 is 1. The van der Waals surface area contributed by atoms with Crippen LogP contribution in [-0.2, 0) is 13.2 Å². The standard InChI is InChI=1S/C16H18ClNO2/c1-18(10-12-6-3-4-9-16(12)20-2)15-8-5-7-14(17)13(15)11-19/h3-9,19H,10-11H2,1-2H3. The lowest BCUT2D eigenvalue weighted by atomic mass is 10.1. The van der Waals surface area contributed by atoms with E-state index in [1.807, 2.05) is 43.4 Å². The first kappa shape index (κ1) is 14.7. The number of anilines is 1. The molecule has 20 heavy (non-hydrogen) atoms. The van der Waals surface area contributed by atoms with Gasteiger partial charge in [-0.3, -0.25) is 0 Å². The number of aliphatic hydroxyl groups is 1. The van der Waals surface area contributed by atoms with Crippen molar-refractivity contribution in [3.63, 3.8) is 0 Å². The first-order valence-corrected chi connectivity index (χ1v) is 6.76. The number of rotatable bonds is 5. The van der Waals surface area contributed by atoms with Crippen molar-refractivity contribution in [1.82, 2.24) is 0 Å². The van der Waals surface area contributed by atoms with Crippen LogP contribution in [0.4, 0.5) is 5.69 Å². The van der Waals surface area contributed by atoms with Crippen LogP contribution in [0.3, 0.4) is 0 Å². The van der Waals surface area contributed by atoms with E-state index in [1.54, 1.807) is 13.2 Å². The smallest absolute Gasteiger partial charge is 0.123 e. The van der Waals surface area contributed by atoms with Gasteiger partial charge in [-0.1, -0.05) is 35.9 Å². The van der Waals surface area contributed by atoms with Crippen molar-refractivity contribution < 1.29 is 9.84 Å². The second kappa shape index (κ2) is 6.64. The minimum absolute atomic E-state index is 0.0781. The molecule has 106 valence electrons. The summed E-state index contributed by atoms with van der Waals surface area (Å²) in [4.78, 5) is 2.05. The number of para-hydroxylation sites is 1. The lowest BCUT2D eigenvalue weighted by Crippen LogP contribution is -2.18. The molecule has 0 aromatic heterocycles. The molecule has 2 aromatic rings. The molecule has 0 aliphatic carbocycles. The van der Waals surface area contributed by atoms with Gasteiger partial charge in [0, 0.05) is 35.4 Å². The molecule has 0 aliphatic heterocycles. The van der Waals surface area contributed by atoms with Gasteiger partial charge in [0.2, 0.25) is 0 Å². The Morgan fingerprint density at radius 3 is 2.60 bits per heavy atom. The fourth-order valence-corrected chi connectivity index (χ4v) is 2.47. The van der Waals surface area contributed by atoms with Crippen LogP contribution in [0, 0.1) is 0 Å². The van der Waals surface area contributed by atoms with Crippen LogP contribution in [0.25, 0.3) is 0 Å². The Hall–Kier alpha value is -1.71. The molecule has 0 aliphatic rings. The minimum Gasteiger partial charge on any atom is -0.496 e. The van der Waals surface area contributed by atoms with Gasteiger partial charge in [-0.15, -0.1) is 0 Å². The summed E-state index contributed by atoms with van der Waals surface area (Å²) in [7, 11) is 3.63. The molecule has 0 saturated carbocycles. The van der Waals surface area contributed by atoms with Gasteiger partial charge in [0.05, 0.1) is 13.7 Å². The molecule has 3 nitrogen and oxygen atoms in total. The lowest BCUT2D eigenvalue weighted by Gasteiger charge is -2.23. The Labute approximate surface area is 124 Å². The Morgan fingerprint density at radius 2 is 1.90 bits per heavy atom. The van der Waals surface area contributed by atoms with E-state index in [0.717, 1.165) is 22.6 Å². The summed E-state index contributed by atoms with van der Waals surface area (Å²) >= 11 is 6.12. The number of hydrogen-bond acceptors (Lipinski definition) is 3. The quantitative estimate of drug-likeness (QED) is 0.915. The van der Waals surface area contributed by atoms with Crippen molar-refractivity contribution in [3.05, 3.63) is 58.6 Å². The highest BCUT2D eigenvalue weighted by Crippen LogP contribution is 2.29. The highest BCUT2D eigenvalue weighted by Gasteiger charge is 2.12. The Morgan fingerprint density at radius 1 is 1.15 bits per heavy atom. The summed E-state index contributed by atoms with van der Waals surface area (Å²) < 4.78 is 5.36. The molecule has 0 radical (unpaired) electrons. The Bertz CT molecular complexity index is 586. The normalized spacial score (nSPS) is 10.4. The number of hydrogen-bond donors (Lipinski definition) is 1. The Kier molecular flexibility index (Phi) is 4.88. The fourth-order valence-electron chi connectivity index (χ4n) is 2.24. The largest absolute Gasteiger partial charge is 0.496 e. The van der Waals surface area contributed by atoms with Crippen molar-refractivity contribution in [1.29, 1.82) is 0 Å². The van der Waals surface area contributed by atoms with E-state index in [1.165, 1.54) is 0 Å². The van der Waals surface area contributed by atoms with Crippen LogP contribution in [0.15, 0.2) is 42.5 Å². The highest BCUT2D eigenvalue weighted by atomic mass is 35.5. The zero-order valence-corrected chi connectivity index (χ0v) is 12.4. The van der Waals surface area contributed by atoms with Crippen molar-refractivity contribution in [3.8, 4) is 5.75 Å². The van der Waals surface area contributed by atoms with Gasteiger partial charge in [0.1, 0.15) is 5.75 Å². The van der Waals surface area contributed by atoms with Crippen LogP contribution in [0.1, 0.15) is 11.1 Å². The SMILES string of the molecule is COc1ccccc1CN(C)c1cccc(Cl)c1CO. The molecule has 0 unspecified atom stereocenters. The lowest BCUT2D eigenvalue weighted by molar-refractivity contribution is 0.282. The van der Waals surface area contributed by atoms with E-state index in [-0.39, 0.29) is 6.61 Å². The van der Waals surface area contributed by atoms with Crippen LogP contribution in [0.2, 0.25) is 5.02 Å². The minimum atomic E-state index is -0.0781. The second-order valence-corrected chi connectivity index (χ2v) is 4.97. The molecule has 0 spiro atoms. The van der Waals surface area contributed by atoms with Gasteiger partial charge in [-0.2, -0.15) is 0 Å². The second-order valence-electron chi connectivity index (χ2n) is 4.56. The summed E-state index contributed by atoms with van der Waals surface area (Å²) in [6.07, 6.45) is 0. The zero-order valence-electron chi connectivity index (χ0n) is 11.6. The summed E-state index contributed by atoms with van der Waals surface area (Å²) in [5.74, 6) is 0.854. The van der Waals surface area contributed by atoms with Crippen molar-refractivity contribution in [2.45, 2.75) is 13.2 Å². The van der Waals surface area contributed by atoms with E-state index >= 15 is 0 Å². The molecule has 0 fully saturated rings. The third-order valence-corrected chi connectivity index (χ3v) is 3.62. The van der Waals surface area contributed by atoms with Gasteiger partial charge in [-0.25, -0.2) is 0 Å². The third-order valence-electron chi connectivity index (χ3n) is 3.26. The van der Waals surface area contributed by atoms with Gasteiger partial charge in [0.25, 0.3) is 0 Å². The predicted molar refractivity (Wildman–Crippen MR) is 82.5 cm³/mol.